The van der Waals surface area contributed by atoms with Crippen molar-refractivity contribution < 1.29 is 13.5 Å². The minimum Gasteiger partial charge on any atom is -0.434 e. The van der Waals surface area contributed by atoms with Gasteiger partial charge in [-0.15, -0.1) is 6.58 Å². The van der Waals surface area contributed by atoms with Gasteiger partial charge in [0, 0.05) is 5.56 Å². The molecule has 0 aliphatic carbocycles. The summed E-state index contributed by atoms with van der Waals surface area (Å²) in [5.41, 5.74) is 3.12. The van der Waals surface area contributed by atoms with Crippen molar-refractivity contribution in [2.45, 2.75) is 19.1 Å². The standard InChI is InChI=1S/C11H14F2N2O/c1-2-5-9(15-14)8-6-3-4-7-10(8)16-11(12)13/h2-4,6-7,9,11,15H,1,5,14H2. The number of ether oxygens (including phenoxy) is 1. The fourth-order valence-electron chi connectivity index (χ4n) is 1.42. The lowest BCUT2D eigenvalue weighted by Gasteiger charge is -2.18. The van der Waals surface area contributed by atoms with Crippen LogP contribution in [0.2, 0.25) is 0 Å². The molecule has 3 nitrogen and oxygen atoms in total. The van der Waals surface area contributed by atoms with E-state index in [9.17, 15) is 8.78 Å². The molecule has 88 valence electrons. The van der Waals surface area contributed by atoms with Gasteiger partial charge in [0.1, 0.15) is 5.75 Å². The second-order valence-electron chi connectivity index (χ2n) is 3.16. The monoisotopic (exact) mass is 228 g/mol. The molecule has 0 spiro atoms. The average molecular weight is 228 g/mol. The van der Waals surface area contributed by atoms with Gasteiger partial charge < -0.3 is 4.74 Å². The normalized spacial score (nSPS) is 12.5. The average Bonchev–Trinajstić information content (AvgIpc) is 2.26. The van der Waals surface area contributed by atoms with Crippen molar-refractivity contribution >= 4 is 0 Å². The largest absolute Gasteiger partial charge is 0.434 e. The Balaban J connectivity index is 2.95. The first-order valence-corrected chi connectivity index (χ1v) is 4.79. The van der Waals surface area contributed by atoms with Gasteiger partial charge in [-0.25, -0.2) is 0 Å². The highest BCUT2D eigenvalue weighted by atomic mass is 19.3. The van der Waals surface area contributed by atoms with Crippen LogP contribution >= 0.6 is 0 Å². The van der Waals surface area contributed by atoms with Crippen molar-refractivity contribution in [1.29, 1.82) is 0 Å². The molecule has 0 aliphatic heterocycles. The van der Waals surface area contributed by atoms with E-state index in [0.717, 1.165) is 0 Å². The van der Waals surface area contributed by atoms with E-state index in [2.05, 4.69) is 16.7 Å². The predicted octanol–water partition coefficient (Wildman–Crippen LogP) is 2.37. The lowest BCUT2D eigenvalue weighted by Crippen LogP contribution is -2.28. The zero-order valence-electron chi connectivity index (χ0n) is 8.70. The molecular weight excluding hydrogens is 214 g/mol. The summed E-state index contributed by atoms with van der Waals surface area (Å²) in [5, 5.41) is 0. The second kappa shape index (κ2) is 6.19. The smallest absolute Gasteiger partial charge is 0.387 e. The molecule has 1 unspecified atom stereocenters. The van der Waals surface area contributed by atoms with Gasteiger partial charge in [-0.1, -0.05) is 24.3 Å². The molecular formula is C11H14F2N2O. The van der Waals surface area contributed by atoms with Crippen LogP contribution in [-0.4, -0.2) is 6.61 Å². The lowest BCUT2D eigenvalue weighted by molar-refractivity contribution is -0.0507. The van der Waals surface area contributed by atoms with Crippen molar-refractivity contribution in [1.82, 2.24) is 5.43 Å². The quantitative estimate of drug-likeness (QED) is 0.446. The number of rotatable bonds is 6. The molecule has 0 radical (unpaired) electrons. The van der Waals surface area contributed by atoms with Crippen molar-refractivity contribution in [3.63, 3.8) is 0 Å². The summed E-state index contributed by atoms with van der Waals surface area (Å²) >= 11 is 0. The summed E-state index contributed by atoms with van der Waals surface area (Å²) in [4.78, 5) is 0. The molecule has 1 atom stereocenters. The Hall–Kier alpha value is -1.46. The minimum atomic E-state index is -2.84. The zero-order chi connectivity index (χ0) is 12.0. The number of nitrogens with two attached hydrogens (primary N) is 1. The first-order chi connectivity index (χ1) is 7.69. The number of nitrogens with one attached hydrogen (secondary N) is 1. The van der Waals surface area contributed by atoms with Crippen molar-refractivity contribution in [3.05, 3.63) is 42.5 Å². The van der Waals surface area contributed by atoms with E-state index in [0.29, 0.717) is 12.0 Å². The van der Waals surface area contributed by atoms with Gasteiger partial charge in [-0.3, -0.25) is 11.3 Å². The molecule has 0 saturated heterocycles. The van der Waals surface area contributed by atoms with Crippen LogP contribution in [0, 0.1) is 0 Å². The van der Waals surface area contributed by atoms with Crippen molar-refractivity contribution in [2.75, 3.05) is 0 Å². The van der Waals surface area contributed by atoms with E-state index in [1.165, 1.54) is 6.07 Å². The topological polar surface area (TPSA) is 47.3 Å². The van der Waals surface area contributed by atoms with Crippen LogP contribution in [0.1, 0.15) is 18.0 Å². The Morgan fingerprint density at radius 1 is 1.44 bits per heavy atom. The zero-order valence-corrected chi connectivity index (χ0v) is 8.70. The number of halogens is 2. The van der Waals surface area contributed by atoms with Crippen molar-refractivity contribution in [2.24, 2.45) is 5.84 Å². The van der Waals surface area contributed by atoms with Gasteiger partial charge in [-0.2, -0.15) is 8.78 Å². The Labute approximate surface area is 92.9 Å². The molecule has 1 rings (SSSR count). The summed E-state index contributed by atoms with van der Waals surface area (Å²) in [6.07, 6.45) is 2.18. The molecule has 0 heterocycles. The number of hydrazine groups is 1. The maximum absolute atomic E-state index is 12.2. The van der Waals surface area contributed by atoms with Crippen LogP contribution in [-0.2, 0) is 0 Å². The summed E-state index contributed by atoms with van der Waals surface area (Å²) in [6.45, 7) is 0.736. The Morgan fingerprint density at radius 3 is 2.69 bits per heavy atom. The number of hydrogen-bond acceptors (Lipinski definition) is 3. The number of para-hydroxylation sites is 1. The highest BCUT2D eigenvalue weighted by molar-refractivity contribution is 5.36. The number of hydrogen-bond donors (Lipinski definition) is 2. The van der Waals surface area contributed by atoms with Crippen molar-refractivity contribution in [3.8, 4) is 5.75 Å². The maximum atomic E-state index is 12.2. The van der Waals surface area contributed by atoms with E-state index < -0.39 is 6.61 Å². The number of alkyl halides is 2. The maximum Gasteiger partial charge on any atom is 0.387 e. The Bertz CT molecular complexity index is 345. The fourth-order valence-corrected chi connectivity index (χ4v) is 1.42. The minimum absolute atomic E-state index is 0.127. The van der Waals surface area contributed by atoms with E-state index in [-0.39, 0.29) is 11.8 Å². The lowest BCUT2D eigenvalue weighted by atomic mass is 10.0. The summed E-state index contributed by atoms with van der Waals surface area (Å²) in [6, 6.07) is 6.25. The van der Waals surface area contributed by atoms with Crippen LogP contribution < -0.4 is 16.0 Å². The molecule has 0 aromatic heterocycles. The molecule has 0 bridgehead atoms. The number of benzene rings is 1. The van der Waals surface area contributed by atoms with Crippen LogP contribution in [0.15, 0.2) is 36.9 Å². The molecule has 0 saturated carbocycles. The van der Waals surface area contributed by atoms with E-state index in [1.54, 1.807) is 24.3 Å². The van der Waals surface area contributed by atoms with Gasteiger partial charge in [0.25, 0.3) is 0 Å². The van der Waals surface area contributed by atoms with E-state index >= 15 is 0 Å². The SMILES string of the molecule is C=CCC(NN)c1ccccc1OC(F)F. The van der Waals surface area contributed by atoms with Gasteiger partial charge in [0.05, 0.1) is 6.04 Å². The fraction of sp³-hybridized carbons (Fsp3) is 0.273. The summed E-state index contributed by atoms with van der Waals surface area (Å²) in [7, 11) is 0. The molecule has 3 N–H and O–H groups in total. The summed E-state index contributed by atoms with van der Waals surface area (Å²) < 4.78 is 28.7. The second-order valence-corrected chi connectivity index (χ2v) is 3.16. The Morgan fingerprint density at radius 2 is 2.12 bits per heavy atom. The summed E-state index contributed by atoms with van der Waals surface area (Å²) in [5.74, 6) is 5.48. The van der Waals surface area contributed by atoms with Gasteiger partial charge in [0.15, 0.2) is 0 Å². The van der Waals surface area contributed by atoms with E-state index in [4.69, 9.17) is 5.84 Å². The van der Waals surface area contributed by atoms with Crippen LogP contribution in [0.25, 0.3) is 0 Å². The predicted molar refractivity (Wildman–Crippen MR) is 58.0 cm³/mol. The molecule has 5 heteroatoms. The highest BCUT2D eigenvalue weighted by Gasteiger charge is 2.15. The molecule has 16 heavy (non-hydrogen) atoms. The Kier molecular flexibility index (Phi) is 4.88. The third-order valence-electron chi connectivity index (χ3n) is 2.11. The molecule has 0 amide bonds. The molecule has 1 aromatic rings. The first kappa shape index (κ1) is 12.6. The molecule has 1 aromatic carbocycles. The highest BCUT2D eigenvalue weighted by Crippen LogP contribution is 2.27. The molecule has 0 aliphatic rings. The van der Waals surface area contributed by atoms with Gasteiger partial charge >= 0.3 is 6.61 Å². The van der Waals surface area contributed by atoms with Crippen LogP contribution in [0.4, 0.5) is 8.78 Å². The third-order valence-corrected chi connectivity index (χ3v) is 2.11. The third kappa shape index (κ3) is 3.29. The first-order valence-electron chi connectivity index (χ1n) is 4.79. The van der Waals surface area contributed by atoms with Crippen LogP contribution in [0.5, 0.6) is 5.75 Å². The van der Waals surface area contributed by atoms with Gasteiger partial charge in [-0.05, 0) is 12.5 Å². The van der Waals surface area contributed by atoms with Gasteiger partial charge in [0.2, 0.25) is 0 Å². The molecule has 0 fully saturated rings. The van der Waals surface area contributed by atoms with Crippen LogP contribution in [0.3, 0.4) is 0 Å². The van der Waals surface area contributed by atoms with E-state index in [1.807, 2.05) is 0 Å².